The molecule has 0 radical (unpaired) electrons. The number of methoxy groups -OCH3 is 2. The first-order valence-corrected chi connectivity index (χ1v) is 9.41. The van der Waals surface area contributed by atoms with Crippen LogP contribution in [0, 0.1) is 0 Å². The Balaban J connectivity index is 1.90. The van der Waals surface area contributed by atoms with Crippen molar-refractivity contribution >= 4 is 21.7 Å². The highest BCUT2D eigenvalue weighted by atomic mass is 32.2. The Hall–Kier alpha value is -2.52. The van der Waals surface area contributed by atoms with Gasteiger partial charge < -0.3 is 14.8 Å². The molecular weight excluding hydrogens is 356 g/mol. The number of pyridine rings is 1. The Labute approximate surface area is 154 Å². The van der Waals surface area contributed by atoms with Crippen molar-refractivity contribution in [1.29, 1.82) is 0 Å². The number of aromatic nitrogens is 1. The zero-order valence-electron chi connectivity index (χ0n) is 15.3. The SMILES string of the molecule is COc1ccc(CCNc2ccc(NS(=O)(=O)N(C)C)cn2)cc1OC. The van der Waals surface area contributed by atoms with Gasteiger partial charge in [0.1, 0.15) is 5.82 Å². The summed E-state index contributed by atoms with van der Waals surface area (Å²) in [6.45, 7) is 0.672. The molecule has 142 valence electrons. The summed E-state index contributed by atoms with van der Waals surface area (Å²) in [6.07, 6.45) is 2.25. The molecule has 0 aliphatic carbocycles. The van der Waals surface area contributed by atoms with Crippen molar-refractivity contribution in [3.05, 3.63) is 42.1 Å². The van der Waals surface area contributed by atoms with Crippen molar-refractivity contribution in [2.45, 2.75) is 6.42 Å². The summed E-state index contributed by atoms with van der Waals surface area (Å²) < 4.78 is 37.6. The lowest BCUT2D eigenvalue weighted by molar-refractivity contribution is 0.354. The highest BCUT2D eigenvalue weighted by Crippen LogP contribution is 2.27. The smallest absolute Gasteiger partial charge is 0.301 e. The Morgan fingerprint density at radius 2 is 1.81 bits per heavy atom. The molecule has 0 aliphatic heterocycles. The second kappa shape index (κ2) is 8.72. The summed E-state index contributed by atoms with van der Waals surface area (Å²) in [7, 11) is 2.60. The number of hydrogen-bond donors (Lipinski definition) is 2. The van der Waals surface area contributed by atoms with Gasteiger partial charge in [-0.05, 0) is 36.2 Å². The van der Waals surface area contributed by atoms with E-state index < -0.39 is 10.2 Å². The number of nitrogens with one attached hydrogen (secondary N) is 2. The van der Waals surface area contributed by atoms with Gasteiger partial charge in [0.25, 0.3) is 0 Å². The first-order chi connectivity index (χ1) is 12.4. The van der Waals surface area contributed by atoms with Crippen LogP contribution in [-0.2, 0) is 16.6 Å². The van der Waals surface area contributed by atoms with Crippen molar-refractivity contribution in [2.75, 3.05) is 44.9 Å². The summed E-state index contributed by atoms with van der Waals surface area (Å²) >= 11 is 0. The van der Waals surface area contributed by atoms with E-state index in [1.54, 1.807) is 26.4 Å². The second-order valence-electron chi connectivity index (χ2n) is 5.69. The molecule has 9 heteroatoms. The van der Waals surface area contributed by atoms with Crippen LogP contribution in [0.25, 0.3) is 0 Å². The summed E-state index contributed by atoms with van der Waals surface area (Å²) in [6, 6.07) is 9.18. The van der Waals surface area contributed by atoms with Crippen LogP contribution in [0.2, 0.25) is 0 Å². The Bertz CT molecular complexity index is 823. The van der Waals surface area contributed by atoms with Crippen LogP contribution < -0.4 is 19.5 Å². The van der Waals surface area contributed by atoms with E-state index in [0.717, 1.165) is 16.3 Å². The fourth-order valence-corrected chi connectivity index (χ4v) is 2.77. The van der Waals surface area contributed by atoms with Crippen LogP contribution in [0.1, 0.15) is 5.56 Å². The number of hydrogen-bond acceptors (Lipinski definition) is 6. The van der Waals surface area contributed by atoms with Gasteiger partial charge >= 0.3 is 10.2 Å². The number of ether oxygens (including phenoxy) is 2. The topological polar surface area (TPSA) is 92.8 Å². The van der Waals surface area contributed by atoms with Crippen LogP contribution >= 0.6 is 0 Å². The highest BCUT2D eigenvalue weighted by Gasteiger charge is 2.12. The van der Waals surface area contributed by atoms with Crippen molar-refractivity contribution < 1.29 is 17.9 Å². The zero-order chi connectivity index (χ0) is 19.2. The zero-order valence-corrected chi connectivity index (χ0v) is 16.1. The van der Waals surface area contributed by atoms with Gasteiger partial charge in [0.05, 0.1) is 26.1 Å². The van der Waals surface area contributed by atoms with Crippen molar-refractivity contribution in [3.8, 4) is 11.5 Å². The van der Waals surface area contributed by atoms with E-state index in [2.05, 4.69) is 15.0 Å². The van der Waals surface area contributed by atoms with E-state index >= 15 is 0 Å². The predicted octanol–water partition coefficient (Wildman–Crippen LogP) is 1.97. The summed E-state index contributed by atoms with van der Waals surface area (Å²) in [5.41, 5.74) is 1.51. The summed E-state index contributed by atoms with van der Waals surface area (Å²) in [4.78, 5) is 4.21. The lowest BCUT2D eigenvalue weighted by atomic mass is 10.1. The first kappa shape index (κ1) is 19.8. The summed E-state index contributed by atoms with van der Waals surface area (Å²) in [5, 5.41) is 3.20. The minimum Gasteiger partial charge on any atom is -0.493 e. The molecule has 1 aromatic heterocycles. The van der Waals surface area contributed by atoms with Gasteiger partial charge in [-0.15, -0.1) is 0 Å². The highest BCUT2D eigenvalue weighted by molar-refractivity contribution is 7.90. The molecule has 1 aromatic carbocycles. The Morgan fingerprint density at radius 1 is 1.08 bits per heavy atom. The quantitative estimate of drug-likeness (QED) is 0.691. The molecule has 2 N–H and O–H groups in total. The van der Waals surface area contributed by atoms with E-state index in [4.69, 9.17) is 9.47 Å². The molecule has 0 fully saturated rings. The van der Waals surface area contributed by atoms with Gasteiger partial charge in [0.2, 0.25) is 0 Å². The average molecular weight is 380 g/mol. The van der Waals surface area contributed by atoms with Crippen molar-refractivity contribution in [1.82, 2.24) is 9.29 Å². The molecule has 1 heterocycles. The van der Waals surface area contributed by atoms with Crippen LogP contribution in [0.4, 0.5) is 11.5 Å². The third-order valence-corrected chi connectivity index (χ3v) is 5.11. The number of nitrogens with zero attached hydrogens (tertiary/aromatic N) is 2. The molecule has 8 nitrogen and oxygen atoms in total. The van der Waals surface area contributed by atoms with Crippen molar-refractivity contribution in [2.24, 2.45) is 0 Å². The van der Waals surface area contributed by atoms with E-state index in [9.17, 15) is 8.42 Å². The predicted molar refractivity (Wildman–Crippen MR) is 102 cm³/mol. The third kappa shape index (κ3) is 5.24. The van der Waals surface area contributed by atoms with Gasteiger partial charge in [-0.3, -0.25) is 4.72 Å². The minimum atomic E-state index is -3.53. The van der Waals surface area contributed by atoms with E-state index in [-0.39, 0.29) is 0 Å². The molecule has 26 heavy (non-hydrogen) atoms. The number of anilines is 2. The van der Waals surface area contributed by atoms with Crippen LogP contribution in [0.5, 0.6) is 11.5 Å². The van der Waals surface area contributed by atoms with Crippen LogP contribution in [0.15, 0.2) is 36.5 Å². The van der Waals surface area contributed by atoms with Gasteiger partial charge in [-0.1, -0.05) is 6.07 Å². The molecule has 0 unspecified atom stereocenters. The molecule has 0 amide bonds. The monoisotopic (exact) mass is 380 g/mol. The van der Waals surface area contributed by atoms with Gasteiger partial charge in [0.15, 0.2) is 11.5 Å². The fraction of sp³-hybridized carbons (Fsp3) is 0.353. The Morgan fingerprint density at radius 3 is 2.38 bits per heavy atom. The lowest BCUT2D eigenvalue weighted by Gasteiger charge is -2.13. The van der Waals surface area contributed by atoms with Gasteiger partial charge in [0, 0.05) is 20.6 Å². The minimum absolute atomic E-state index is 0.407. The molecule has 0 saturated carbocycles. The number of benzene rings is 1. The normalized spacial score (nSPS) is 11.3. The third-order valence-electron chi connectivity index (χ3n) is 3.66. The maximum atomic E-state index is 11.8. The first-order valence-electron chi connectivity index (χ1n) is 7.97. The standard InChI is InChI=1S/C17H24N4O4S/c1-21(2)26(22,23)20-14-6-8-17(19-12-14)18-10-9-13-5-7-15(24-3)16(11-13)25-4/h5-8,11-12,20H,9-10H2,1-4H3,(H,18,19). The van der Waals surface area contributed by atoms with E-state index in [1.807, 2.05) is 18.2 Å². The van der Waals surface area contributed by atoms with Crippen molar-refractivity contribution in [3.63, 3.8) is 0 Å². The van der Waals surface area contributed by atoms with Crippen LogP contribution in [-0.4, -0.2) is 52.6 Å². The molecule has 0 bridgehead atoms. The van der Waals surface area contributed by atoms with Gasteiger partial charge in [-0.2, -0.15) is 12.7 Å². The maximum Gasteiger partial charge on any atom is 0.301 e. The largest absolute Gasteiger partial charge is 0.493 e. The van der Waals surface area contributed by atoms with E-state index in [1.165, 1.54) is 20.3 Å². The van der Waals surface area contributed by atoms with Gasteiger partial charge in [-0.25, -0.2) is 4.98 Å². The summed E-state index contributed by atoms with van der Waals surface area (Å²) in [5.74, 6) is 2.06. The molecule has 0 aliphatic rings. The number of rotatable bonds is 9. The molecule has 0 saturated heterocycles. The maximum absolute atomic E-state index is 11.8. The lowest BCUT2D eigenvalue weighted by Crippen LogP contribution is -2.28. The average Bonchev–Trinajstić information content (AvgIpc) is 2.62. The fourth-order valence-electron chi connectivity index (χ4n) is 2.17. The molecule has 0 spiro atoms. The molecule has 2 rings (SSSR count). The van der Waals surface area contributed by atoms with E-state index in [0.29, 0.717) is 29.5 Å². The second-order valence-corrected chi connectivity index (χ2v) is 7.57. The molecule has 2 aromatic rings. The van der Waals surface area contributed by atoms with Crippen LogP contribution in [0.3, 0.4) is 0 Å². The molecular formula is C17H24N4O4S. The Kier molecular flexibility index (Phi) is 6.64. The molecule has 0 atom stereocenters.